The number of nitrogens with one attached hydrogen (secondary N) is 2. The summed E-state index contributed by atoms with van der Waals surface area (Å²) >= 11 is 0. The molecule has 2 atom stereocenters. The van der Waals surface area contributed by atoms with E-state index >= 15 is 0 Å². The number of hydrogen-bond acceptors (Lipinski definition) is 3. The summed E-state index contributed by atoms with van der Waals surface area (Å²) in [5, 5.41) is 9.40. The monoisotopic (exact) mass is 262 g/mol. The van der Waals surface area contributed by atoms with E-state index in [0.717, 1.165) is 6.42 Å². The van der Waals surface area contributed by atoms with Crippen molar-refractivity contribution >= 4 is 0 Å². The van der Waals surface area contributed by atoms with E-state index < -0.39 is 18.1 Å². The fourth-order valence-electron chi connectivity index (χ4n) is 2.49. The lowest BCUT2D eigenvalue weighted by Crippen LogP contribution is -2.46. The first kappa shape index (κ1) is 13.3. The molecular weight excluding hydrogens is 245 g/mol. The van der Waals surface area contributed by atoms with Gasteiger partial charge in [0.2, 0.25) is 0 Å². The Hall–Kier alpha value is -1.11. The Balaban J connectivity index is 1.82. The van der Waals surface area contributed by atoms with Crippen LogP contribution in [0.3, 0.4) is 0 Å². The van der Waals surface area contributed by atoms with Gasteiger partial charge in [-0.3, -0.25) is 5.10 Å². The van der Waals surface area contributed by atoms with Gasteiger partial charge in [-0.25, -0.2) is 4.98 Å². The van der Waals surface area contributed by atoms with Crippen molar-refractivity contribution in [1.29, 1.82) is 0 Å². The van der Waals surface area contributed by atoms with Crippen LogP contribution in [-0.4, -0.2) is 33.9 Å². The molecule has 1 fully saturated rings. The highest BCUT2D eigenvalue weighted by Crippen LogP contribution is 2.37. The zero-order valence-corrected chi connectivity index (χ0v) is 10.0. The molecule has 1 heterocycles. The number of nitrogens with zero attached hydrogens (tertiary/aromatic N) is 2. The lowest BCUT2D eigenvalue weighted by Gasteiger charge is -2.33. The summed E-state index contributed by atoms with van der Waals surface area (Å²) in [6, 6.07) is -0.457. The maximum atomic E-state index is 12.8. The molecule has 2 N–H and O–H groups in total. The van der Waals surface area contributed by atoms with Crippen LogP contribution >= 0.6 is 0 Å². The fraction of sp³-hybridized carbons (Fsp3) is 0.818. The van der Waals surface area contributed by atoms with E-state index in [2.05, 4.69) is 20.5 Å². The topological polar surface area (TPSA) is 53.6 Å². The molecule has 1 aliphatic carbocycles. The van der Waals surface area contributed by atoms with Crippen molar-refractivity contribution in [3.63, 3.8) is 0 Å². The van der Waals surface area contributed by atoms with Crippen LogP contribution in [0.1, 0.15) is 31.5 Å². The van der Waals surface area contributed by atoms with Gasteiger partial charge in [0.15, 0.2) is 0 Å². The molecule has 1 aromatic heterocycles. The Morgan fingerprint density at radius 3 is 2.78 bits per heavy atom. The number of alkyl halides is 3. The van der Waals surface area contributed by atoms with Gasteiger partial charge in [-0.05, 0) is 12.8 Å². The van der Waals surface area contributed by atoms with Crippen molar-refractivity contribution in [1.82, 2.24) is 20.5 Å². The summed E-state index contributed by atoms with van der Waals surface area (Å²) in [6.07, 6.45) is 0.251. The molecule has 2 unspecified atom stereocenters. The maximum Gasteiger partial charge on any atom is 0.393 e. The Kier molecular flexibility index (Phi) is 4.21. The summed E-state index contributed by atoms with van der Waals surface area (Å²) < 4.78 is 38.5. The number of halogens is 3. The third kappa shape index (κ3) is 3.44. The van der Waals surface area contributed by atoms with Crippen LogP contribution in [0.15, 0.2) is 6.33 Å². The highest BCUT2D eigenvalue weighted by molar-refractivity contribution is 4.87. The molecule has 2 rings (SSSR count). The largest absolute Gasteiger partial charge is 0.393 e. The van der Waals surface area contributed by atoms with Crippen molar-refractivity contribution in [3.8, 4) is 0 Å². The molecule has 102 valence electrons. The molecule has 0 amide bonds. The van der Waals surface area contributed by atoms with Crippen LogP contribution in [0.5, 0.6) is 0 Å². The van der Waals surface area contributed by atoms with E-state index in [1.54, 1.807) is 0 Å². The Labute approximate surface area is 103 Å². The number of aromatic amines is 1. The van der Waals surface area contributed by atoms with E-state index in [-0.39, 0.29) is 6.42 Å². The van der Waals surface area contributed by atoms with Gasteiger partial charge < -0.3 is 5.32 Å². The smallest absolute Gasteiger partial charge is 0.313 e. The lowest BCUT2D eigenvalue weighted by molar-refractivity contribution is -0.188. The summed E-state index contributed by atoms with van der Waals surface area (Å²) in [5.41, 5.74) is 0. The second-order valence-electron chi connectivity index (χ2n) is 4.68. The number of hydrogen-bond donors (Lipinski definition) is 2. The van der Waals surface area contributed by atoms with Gasteiger partial charge >= 0.3 is 6.18 Å². The van der Waals surface area contributed by atoms with E-state index in [0.29, 0.717) is 31.6 Å². The molecule has 0 saturated heterocycles. The average Bonchev–Trinajstić information content (AvgIpc) is 2.81. The minimum atomic E-state index is -4.09. The zero-order valence-electron chi connectivity index (χ0n) is 10.0. The standard InChI is InChI=1S/C11H17F3N4/c12-11(13,14)8-3-1-2-4-9(8)15-6-5-10-16-7-17-18-10/h7-9,15H,1-6H2,(H,16,17,18). The molecule has 0 spiro atoms. The second kappa shape index (κ2) is 5.69. The minimum absolute atomic E-state index is 0.240. The van der Waals surface area contributed by atoms with E-state index in [1.165, 1.54) is 6.33 Å². The van der Waals surface area contributed by atoms with Crippen molar-refractivity contribution in [2.24, 2.45) is 5.92 Å². The van der Waals surface area contributed by atoms with Crippen molar-refractivity contribution < 1.29 is 13.2 Å². The Morgan fingerprint density at radius 2 is 2.11 bits per heavy atom. The Bertz CT molecular complexity index is 350. The number of H-pyrrole nitrogens is 1. The van der Waals surface area contributed by atoms with Crippen molar-refractivity contribution in [3.05, 3.63) is 12.2 Å². The second-order valence-corrected chi connectivity index (χ2v) is 4.68. The van der Waals surface area contributed by atoms with Gasteiger partial charge in [-0.2, -0.15) is 18.3 Å². The molecule has 0 radical (unpaired) electrons. The molecule has 1 aromatic rings. The number of rotatable bonds is 4. The van der Waals surface area contributed by atoms with Crippen molar-refractivity contribution in [2.75, 3.05) is 6.54 Å². The minimum Gasteiger partial charge on any atom is -0.313 e. The van der Waals surface area contributed by atoms with E-state index in [4.69, 9.17) is 0 Å². The molecule has 0 bridgehead atoms. The average molecular weight is 262 g/mol. The summed E-state index contributed by atoms with van der Waals surface area (Å²) in [7, 11) is 0. The molecule has 0 aliphatic heterocycles. The van der Waals surface area contributed by atoms with Crippen LogP contribution in [0.4, 0.5) is 13.2 Å². The zero-order chi connectivity index (χ0) is 13.0. The van der Waals surface area contributed by atoms with Crippen LogP contribution in [0, 0.1) is 5.92 Å². The quantitative estimate of drug-likeness (QED) is 0.873. The summed E-state index contributed by atoms with van der Waals surface area (Å²) in [6.45, 7) is 0.492. The lowest BCUT2D eigenvalue weighted by atomic mass is 9.84. The molecule has 18 heavy (non-hydrogen) atoms. The van der Waals surface area contributed by atoms with Gasteiger partial charge in [0.1, 0.15) is 12.2 Å². The molecule has 1 aliphatic rings. The highest BCUT2D eigenvalue weighted by Gasteiger charge is 2.45. The molecule has 1 saturated carbocycles. The summed E-state index contributed by atoms with van der Waals surface area (Å²) in [5.74, 6) is -0.511. The highest BCUT2D eigenvalue weighted by atomic mass is 19.4. The molecule has 4 nitrogen and oxygen atoms in total. The van der Waals surface area contributed by atoms with Gasteiger partial charge in [-0.15, -0.1) is 0 Å². The summed E-state index contributed by atoms with van der Waals surface area (Å²) in [4.78, 5) is 3.94. The van der Waals surface area contributed by atoms with Gasteiger partial charge in [0, 0.05) is 19.0 Å². The normalized spacial score (nSPS) is 25.3. The first-order valence-electron chi connectivity index (χ1n) is 6.21. The van der Waals surface area contributed by atoms with Crippen LogP contribution in [0.25, 0.3) is 0 Å². The van der Waals surface area contributed by atoms with Crippen molar-refractivity contribution in [2.45, 2.75) is 44.3 Å². The first-order valence-corrected chi connectivity index (χ1v) is 6.21. The van der Waals surface area contributed by atoms with Gasteiger partial charge in [-0.1, -0.05) is 12.8 Å². The van der Waals surface area contributed by atoms with Crippen LogP contribution < -0.4 is 5.32 Å². The number of aromatic nitrogens is 3. The predicted octanol–water partition coefficient (Wildman–Crippen LogP) is 2.06. The SMILES string of the molecule is FC(F)(F)C1CCCCC1NCCc1ncn[nH]1. The fourth-order valence-corrected chi connectivity index (χ4v) is 2.49. The molecule has 7 heteroatoms. The van der Waals surface area contributed by atoms with E-state index in [1.807, 2.05) is 0 Å². The Morgan fingerprint density at radius 1 is 1.33 bits per heavy atom. The van der Waals surface area contributed by atoms with Crippen LogP contribution in [-0.2, 0) is 6.42 Å². The molecular formula is C11H17F3N4. The molecule has 0 aromatic carbocycles. The van der Waals surface area contributed by atoms with Crippen LogP contribution in [0.2, 0.25) is 0 Å². The van der Waals surface area contributed by atoms with Gasteiger partial charge in [0.25, 0.3) is 0 Å². The third-order valence-corrected chi connectivity index (χ3v) is 3.42. The predicted molar refractivity (Wildman–Crippen MR) is 59.9 cm³/mol. The first-order chi connectivity index (χ1) is 8.57. The maximum absolute atomic E-state index is 12.8. The van der Waals surface area contributed by atoms with E-state index in [9.17, 15) is 13.2 Å². The van der Waals surface area contributed by atoms with Gasteiger partial charge in [0.05, 0.1) is 5.92 Å². The third-order valence-electron chi connectivity index (χ3n) is 3.42.